The summed E-state index contributed by atoms with van der Waals surface area (Å²) in [6, 6.07) is 3.45. The fourth-order valence-corrected chi connectivity index (χ4v) is 1.95. The quantitative estimate of drug-likeness (QED) is 0.890. The van der Waals surface area contributed by atoms with Crippen LogP contribution < -0.4 is 4.74 Å². The third-order valence-electron chi connectivity index (χ3n) is 2.23. The fraction of sp³-hybridized carbons (Fsp3) is 0.182. The lowest BCUT2D eigenvalue weighted by Crippen LogP contribution is -1.87. The summed E-state index contributed by atoms with van der Waals surface area (Å²) in [5, 5.41) is 1.10. The van der Waals surface area contributed by atoms with Gasteiger partial charge in [-0.25, -0.2) is 4.98 Å². The van der Waals surface area contributed by atoms with Gasteiger partial charge in [-0.1, -0.05) is 23.2 Å². The van der Waals surface area contributed by atoms with Gasteiger partial charge in [0.25, 0.3) is 0 Å². The summed E-state index contributed by atoms with van der Waals surface area (Å²) in [5.41, 5.74) is 1.65. The van der Waals surface area contributed by atoms with Crippen molar-refractivity contribution in [3.8, 4) is 17.0 Å². The number of halogens is 2. The van der Waals surface area contributed by atoms with E-state index < -0.39 is 0 Å². The zero-order valence-electron chi connectivity index (χ0n) is 8.84. The molecule has 0 saturated carbocycles. The molecule has 84 valence electrons. The van der Waals surface area contributed by atoms with Crippen LogP contribution >= 0.6 is 23.2 Å². The van der Waals surface area contributed by atoms with Crippen molar-refractivity contribution in [1.82, 2.24) is 9.97 Å². The first-order chi connectivity index (χ1) is 7.61. The number of hydrogen-bond acceptors (Lipinski definition) is 2. The van der Waals surface area contributed by atoms with Crippen LogP contribution in [0.4, 0.5) is 0 Å². The van der Waals surface area contributed by atoms with Crippen LogP contribution in [-0.4, -0.2) is 17.1 Å². The maximum Gasteiger partial charge on any atom is 0.138 e. The van der Waals surface area contributed by atoms with Crippen molar-refractivity contribution in [2.75, 3.05) is 7.11 Å². The lowest BCUT2D eigenvalue weighted by molar-refractivity contribution is 0.415. The van der Waals surface area contributed by atoms with Gasteiger partial charge in [-0.05, 0) is 13.0 Å². The molecule has 0 aliphatic rings. The molecule has 0 aliphatic heterocycles. The van der Waals surface area contributed by atoms with Crippen LogP contribution in [0.15, 0.2) is 18.3 Å². The van der Waals surface area contributed by atoms with Gasteiger partial charge in [0.15, 0.2) is 0 Å². The van der Waals surface area contributed by atoms with E-state index in [4.69, 9.17) is 27.9 Å². The van der Waals surface area contributed by atoms with Gasteiger partial charge in [-0.15, -0.1) is 0 Å². The largest absolute Gasteiger partial charge is 0.495 e. The number of rotatable bonds is 2. The Balaban J connectivity index is 2.54. The van der Waals surface area contributed by atoms with Gasteiger partial charge in [-0.3, -0.25) is 0 Å². The second kappa shape index (κ2) is 4.36. The van der Waals surface area contributed by atoms with E-state index in [1.807, 2.05) is 6.92 Å². The number of aryl methyl sites for hydroxylation is 1. The molecule has 0 atom stereocenters. The van der Waals surface area contributed by atoms with Crippen LogP contribution in [0.3, 0.4) is 0 Å². The average molecular weight is 257 g/mol. The number of imidazole rings is 1. The highest BCUT2D eigenvalue weighted by atomic mass is 35.5. The minimum absolute atomic E-state index is 0.522. The SMILES string of the molecule is COc1cc(Cl)c(-c2cnc(C)[nH]2)cc1Cl. The minimum atomic E-state index is 0.522. The van der Waals surface area contributed by atoms with Gasteiger partial charge < -0.3 is 9.72 Å². The standard InChI is InChI=1S/C11H10Cl2N2O/c1-6-14-5-10(15-6)7-3-9(13)11(16-2)4-8(7)12/h3-5H,1-2H3,(H,14,15). The zero-order chi connectivity index (χ0) is 11.7. The maximum atomic E-state index is 6.14. The Morgan fingerprint density at radius 1 is 1.25 bits per heavy atom. The Kier molecular flexibility index (Phi) is 3.08. The highest BCUT2D eigenvalue weighted by Gasteiger charge is 2.10. The second-order valence-corrected chi connectivity index (χ2v) is 4.16. The summed E-state index contributed by atoms with van der Waals surface area (Å²) >= 11 is 12.2. The molecule has 0 fully saturated rings. The molecule has 3 nitrogen and oxygen atoms in total. The third kappa shape index (κ3) is 2.01. The van der Waals surface area contributed by atoms with Crippen molar-refractivity contribution in [3.05, 3.63) is 34.2 Å². The van der Waals surface area contributed by atoms with Crippen molar-refractivity contribution in [2.45, 2.75) is 6.92 Å². The van der Waals surface area contributed by atoms with Gasteiger partial charge >= 0.3 is 0 Å². The predicted molar refractivity (Wildman–Crippen MR) is 65.3 cm³/mol. The summed E-state index contributed by atoms with van der Waals surface area (Å²) in [5.74, 6) is 1.39. The lowest BCUT2D eigenvalue weighted by Gasteiger charge is -2.07. The highest BCUT2D eigenvalue weighted by Crippen LogP contribution is 2.35. The van der Waals surface area contributed by atoms with E-state index in [0.717, 1.165) is 17.1 Å². The molecule has 1 heterocycles. The summed E-state index contributed by atoms with van der Waals surface area (Å²) in [6.07, 6.45) is 1.72. The molecule has 0 amide bonds. The van der Waals surface area contributed by atoms with E-state index in [-0.39, 0.29) is 0 Å². The van der Waals surface area contributed by atoms with Gasteiger partial charge in [-0.2, -0.15) is 0 Å². The molecule has 0 saturated heterocycles. The van der Waals surface area contributed by atoms with Gasteiger partial charge in [0.2, 0.25) is 0 Å². The van der Waals surface area contributed by atoms with Crippen molar-refractivity contribution in [2.24, 2.45) is 0 Å². The number of benzene rings is 1. The molecule has 1 N–H and O–H groups in total. The number of nitrogens with zero attached hydrogens (tertiary/aromatic N) is 1. The Morgan fingerprint density at radius 2 is 2.00 bits per heavy atom. The molecule has 0 unspecified atom stereocenters. The first-order valence-corrected chi connectivity index (χ1v) is 5.42. The molecule has 0 radical (unpaired) electrons. The van der Waals surface area contributed by atoms with Crippen molar-refractivity contribution < 1.29 is 4.74 Å². The summed E-state index contributed by atoms with van der Waals surface area (Å²) in [6.45, 7) is 1.88. The number of hydrogen-bond donors (Lipinski definition) is 1. The average Bonchev–Trinajstić information content (AvgIpc) is 2.67. The summed E-state index contributed by atoms with van der Waals surface area (Å²) in [7, 11) is 1.55. The van der Waals surface area contributed by atoms with E-state index in [1.165, 1.54) is 0 Å². The molecule has 1 aromatic carbocycles. The Morgan fingerprint density at radius 3 is 2.56 bits per heavy atom. The van der Waals surface area contributed by atoms with E-state index in [1.54, 1.807) is 25.4 Å². The van der Waals surface area contributed by atoms with Crippen LogP contribution in [-0.2, 0) is 0 Å². The van der Waals surface area contributed by atoms with E-state index in [9.17, 15) is 0 Å². The number of aromatic amines is 1. The maximum absolute atomic E-state index is 6.14. The van der Waals surface area contributed by atoms with Crippen LogP contribution in [0.25, 0.3) is 11.3 Å². The normalized spacial score (nSPS) is 10.5. The highest BCUT2D eigenvalue weighted by molar-refractivity contribution is 6.36. The van der Waals surface area contributed by atoms with Gasteiger partial charge in [0.1, 0.15) is 11.6 Å². The van der Waals surface area contributed by atoms with E-state index in [0.29, 0.717) is 15.8 Å². The zero-order valence-corrected chi connectivity index (χ0v) is 10.4. The Labute approximate surface area is 103 Å². The molecule has 2 aromatic rings. The summed E-state index contributed by atoms with van der Waals surface area (Å²) < 4.78 is 5.08. The van der Waals surface area contributed by atoms with Crippen molar-refractivity contribution in [1.29, 1.82) is 0 Å². The van der Waals surface area contributed by atoms with Gasteiger partial charge in [0, 0.05) is 11.6 Å². The second-order valence-electron chi connectivity index (χ2n) is 3.35. The molecule has 0 bridgehead atoms. The number of ether oxygens (including phenoxy) is 1. The molecule has 1 aromatic heterocycles. The Hall–Kier alpha value is -1.19. The summed E-state index contributed by atoms with van der Waals surface area (Å²) in [4.78, 5) is 7.22. The minimum Gasteiger partial charge on any atom is -0.495 e. The van der Waals surface area contributed by atoms with Crippen LogP contribution in [0.2, 0.25) is 10.0 Å². The van der Waals surface area contributed by atoms with Crippen molar-refractivity contribution >= 4 is 23.2 Å². The lowest BCUT2D eigenvalue weighted by atomic mass is 10.1. The smallest absolute Gasteiger partial charge is 0.138 e. The molecular weight excluding hydrogens is 247 g/mol. The van der Waals surface area contributed by atoms with Crippen molar-refractivity contribution in [3.63, 3.8) is 0 Å². The van der Waals surface area contributed by atoms with Crippen LogP contribution in [0.1, 0.15) is 5.82 Å². The number of methoxy groups -OCH3 is 1. The predicted octanol–water partition coefficient (Wildman–Crippen LogP) is 3.70. The molecule has 0 spiro atoms. The van der Waals surface area contributed by atoms with Crippen LogP contribution in [0.5, 0.6) is 5.75 Å². The number of H-pyrrole nitrogens is 1. The molecule has 5 heteroatoms. The third-order valence-corrected chi connectivity index (χ3v) is 2.84. The monoisotopic (exact) mass is 256 g/mol. The fourth-order valence-electron chi connectivity index (χ4n) is 1.45. The topological polar surface area (TPSA) is 37.9 Å². The van der Waals surface area contributed by atoms with E-state index in [2.05, 4.69) is 9.97 Å². The molecule has 0 aliphatic carbocycles. The first-order valence-electron chi connectivity index (χ1n) is 4.67. The van der Waals surface area contributed by atoms with Crippen LogP contribution in [0, 0.1) is 6.92 Å². The molecular formula is C11H10Cl2N2O. The van der Waals surface area contributed by atoms with Gasteiger partial charge in [0.05, 0.1) is 29.0 Å². The first kappa shape index (κ1) is 11.3. The molecule has 16 heavy (non-hydrogen) atoms. The Bertz CT molecular complexity index is 523. The number of aromatic nitrogens is 2. The number of nitrogens with one attached hydrogen (secondary N) is 1. The molecule has 2 rings (SSSR count). The van der Waals surface area contributed by atoms with E-state index >= 15 is 0 Å².